The van der Waals surface area contributed by atoms with Crippen LogP contribution in [0.5, 0.6) is 0 Å². The van der Waals surface area contributed by atoms with Crippen LogP contribution in [0.3, 0.4) is 0 Å². The van der Waals surface area contributed by atoms with Crippen molar-refractivity contribution in [3.8, 4) is 11.5 Å². The number of aliphatic hydroxyl groups excluding tert-OH is 1. The second-order valence-electron chi connectivity index (χ2n) is 6.94. The van der Waals surface area contributed by atoms with Gasteiger partial charge < -0.3 is 19.3 Å². The fourth-order valence-corrected chi connectivity index (χ4v) is 4.17. The molecule has 2 aliphatic rings. The van der Waals surface area contributed by atoms with Crippen LogP contribution < -0.4 is 4.90 Å². The quantitative estimate of drug-likeness (QED) is 0.910. The van der Waals surface area contributed by atoms with Gasteiger partial charge in [-0.15, -0.1) is 0 Å². The Balaban J connectivity index is 1.54. The maximum Gasteiger partial charge on any atom is 0.261 e. The van der Waals surface area contributed by atoms with E-state index in [1.165, 1.54) is 0 Å². The van der Waals surface area contributed by atoms with Crippen LogP contribution in [0.15, 0.2) is 22.9 Å². The van der Waals surface area contributed by atoms with Crippen LogP contribution in [0.25, 0.3) is 11.5 Å². The largest absolute Gasteiger partial charge is 0.392 e. The minimum absolute atomic E-state index is 0.0947. The molecule has 1 spiro atoms. The summed E-state index contributed by atoms with van der Waals surface area (Å²) in [6.45, 7) is 6.18. The van der Waals surface area contributed by atoms with Gasteiger partial charge in [-0.2, -0.15) is 4.98 Å². The number of ether oxygens (including phenoxy) is 1. The van der Waals surface area contributed by atoms with Crippen molar-refractivity contribution in [3.05, 3.63) is 24.2 Å². The zero-order valence-corrected chi connectivity index (χ0v) is 14.7. The number of aryl methyl sites for hydroxylation is 1. The lowest BCUT2D eigenvalue weighted by Crippen LogP contribution is -2.62. The van der Waals surface area contributed by atoms with Gasteiger partial charge in [0.2, 0.25) is 0 Å². The van der Waals surface area contributed by atoms with Crippen molar-refractivity contribution in [3.63, 3.8) is 0 Å². The summed E-state index contributed by atoms with van der Waals surface area (Å²) in [6.07, 6.45) is 4.26. The number of anilines is 1. The Labute approximate surface area is 147 Å². The van der Waals surface area contributed by atoms with Crippen molar-refractivity contribution in [1.82, 2.24) is 15.1 Å². The molecular weight excluding hydrogens is 320 g/mol. The lowest BCUT2D eigenvalue weighted by atomic mass is 9.58. The number of aliphatic hydroxyl groups is 1. The molecule has 134 valence electrons. The Morgan fingerprint density at radius 2 is 2.20 bits per heavy atom. The van der Waals surface area contributed by atoms with E-state index in [2.05, 4.69) is 20.0 Å². The van der Waals surface area contributed by atoms with Gasteiger partial charge in [0.25, 0.3) is 5.89 Å². The van der Waals surface area contributed by atoms with E-state index in [4.69, 9.17) is 9.26 Å². The van der Waals surface area contributed by atoms with Gasteiger partial charge in [-0.05, 0) is 38.8 Å². The summed E-state index contributed by atoms with van der Waals surface area (Å²) in [4.78, 5) is 11.1. The molecule has 25 heavy (non-hydrogen) atoms. The third-order valence-corrected chi connectivity index (χ3v) is 5.65. The van der Waals surface area contributed by atoms with Crippen LogP contribution in [0.4, 0.5) is 5.82 Å². The molecule has 2 fully saturated rings. The van der Waals surface area contributed by atoms with E-state index in [1.807, 2.05) is 19.1 Å². The molecule has 0 radical (unpaired) electrons. The van der Waals surface area contributed by atoms with Crippen molar-refractivity contribution in [2.24, 2.45) is 5.41 Å². The highest BCUT2D eigenvalue weighted by Gasteiger charge is 2.56. The molecule has 1 saturated carbocycles. The number of aromatic nitrogens is 3. The summed E-state index contributed by atoms with van der Waals surface area (Å²) >= 11 is 0. The Morgan fingerprint density at radius 3 is 2.84 bits per heavy atom. The molecule has 0 unspecified atom stereocenters. The second kappa shape index (κ2) is 6.38. The number of nitrogens with zero attached hydrogens (tertiary/aromatic N) is 4. The van der Waals surface area contributed by atoms with Crippen molar-refractivity contribution >= 4 is 5.82 Å². The first kappa shape index (κ1) is 16.5. The van der Waals surface area contributed by atoms with Crippen LogP contribution >= 0.6 is 0 Å². The smallest absolute Gasteiger partial charge is 0.261 e. The molecule has 7 nitrogen and oxygen atoms in total. The van der Waals surface area contributed by atoms with E-state index in [1.54, 1.807) is 13.1 Å². The fourth-order valence-electron chi connectivity index (χ4n) is 4.17. The summed E-state index contributed by atoms with van der Waals surface area (Å²) in [5, 5.41) is 14.2. The van der Waals surface area contributed by atoms with Crippen LogP contribution in [0, 0.1) is 12.3 Å². The molecule has 2 aromatic heterocycles. The molecule has 4 rings (SSSR count). The SMILES string of the molecule is CCO[C@H]1C[C@H](O)C12CCN(c1ncccc1-c1nc(C)no1)CC2. The lowest BCUT2D eigenvalue weighted by Gasteiger charge is -2.56. The molecule has 0 aromatic carbocycles. The standard InChI is InChI=1S/C18H24N4O3/c1-3-24-15-11-14(23)18(15)6-9-22(10-7-18)16-13(5-4-8-19-16)17-20-12(2)21-25-17/h4-5,8,14-15,23H,3,6-7,9-11H2,1-2H3/t14-,15-/m0/s1. The van der Waals surface area contributed by atoms with Gasteiger partial charge in [0, 0.05) is 37.7 Å². The first-order chi connectivity index (χ1) is 12.1. The highest BCUT2D eigenvalue weighted by molar-refractivity contribution is 5.69. The predicted molar refractivity (Wildman–Crippen MR) is 92.2 cm³/mol. The van der Waals surface area contributed by atoms with Crippen LogP contribution in [0.2, 0.25) is 0 Å². The van der Waals surface area contributed by atoms with E-state index >= 15 is 0 Å². The predicted octanol–water partition coefficient (Wildman–Crippen LogP) is 2.20. The molecule has 2 aromatic rings. The van der Waals surface area contributed by atoms with Crippen molar-refractivity contribution < 1.29 is 14.4 Å². The topological polar surface area (TPSA) is 84.5 Å². The highest BCUT2D eigenvalue weighted by Crippen LogP contribution is 2.51. The average molecular weight is 344 g/mol. The molecule has 1 aliphatic heterocycles. The van der Waals surface area contributed by atoms with Crippen LogP contribution in [-0.4, -0.2) is 52.1 Å². The number of pyridine rings is 1. The molecule has 1 aliphatic carbocycles. The molecule has 0 amide bonds. The van der Waals surface area contributed by atoms with Crippen molar-refractivity contribution in [2.45, 2.75) is 45.3 Å². The number of hydrogen-bond donors (Lipinski definition) is 1. The van der Waals surface area contributed by atoms with Gasteiger partial charge in [0.1, 0.15) is 5.82 Å². The maximum atomic E-state index is 10.4. The summed E-state index contributed by atoms with van der Waals surface area (Å²) in [5.74, 6) is 1.97. The summed E-state index contributed by atoms with van der Waals surface area (Å²) < 4.78 is 11.2. The molecule has 2 atom stereocenters. The molecule has 0 bridgehead atoms. The monoisotopic (exact) mass is 344 g/mol. The van der Waals surface area contributed by atoms with E-state index in [9.17, 15) is 5.11 Å². The first-order valence-electron chi connectivity index (χ1n) is 8.94. The average Bonchev–Trinajstić information content (AvgIpc) is 3.08. The van der Waals surface area contributed by atoms with Crippen LogP contribution in [0.1, 0.15) is 32.0 Å². The second-order valence-corrected chi connectivity index (χ2v) is 6.94. The minimum atomic E-state index is -0.256. The molecule has 1 N–H and O–H groups in total. The molecule has 7 heteroatoms. The van der Waals surface area contributed by atoms with E-state index in [0.717, 1.165) is 43.7 Å². The third kappa shape index (κ3) is 2.71. The summed E-state index contributed by atoms with van der Waals surface area (Å²) in [6, 6.07) is 3.84. The van der Waals surface area contributed by atoms with Gasteiger partial charge in [-0.1, -0.05) is 5.16 Å². The Morgan fingerprint density at radius 1 is 1.40 bits per heavy atom. The fraction of sp³-hybridized carbons (Fsp3) is 0.611. The lowest BCUT2D eigenvalue weighted by molar-refractivity contribution is -0.199. The Bertz CT molecular complexity index is 737. The van der Waals surface area contributed by atoms with E-state index in [-0.39, 0.29) is 17.6 Å². The summed E-state index contributed by atoms with van der Waals surface area (Å²) in [5.41, 5.74) is 0.761. The van der Waals surface area contributed by atoms with Crippen LogP contribution in [-0.2, 0) is 4.74 Å². The van der Waals surface area contributed by atoms with E-state index in [0.29, 0.717) is 18.3 Å². The van der Waals surface area contributed by atoms with Crippen molar-refractivity contribution in [2.75, 3.05) is 24.6 Å². The normalized spacial score (nSPS) is 25.2. The molecular formula is C18H24N4O3. The van der Waals surface area contributed by atoms with E-state index < -0.39 is 0 Å². The van der Waals surface area contributed by atoms with Gasteiger partial charge in [-0.3, -0.25) is 0 Å². The Kier molecular flexibility index (Phi) is 4.21. The number of rotatable bonds is 4. The van der Waals surface area contributed by atoms with Gasteiger partial charge in [-0.25, -0.2) is 4.98 Å². The first-order valence-corrected chi connectivity index (χ1v) is 8.94. The van der Waals surface area contributed by atoms with Gasteiger partial charge in [0.15, 0.2) is 5.82 Å². The third-order valence-electron chi connectivity index (χ3n) is 5.65. The zero-order chi connectivity index (χ0) is 17.4. The summed E-state index contributed by atoms with van der Waals surface area (Å²) in [7, 11) is 0. The van der Waals surface area contributed by atoms with Crippen molar-refractivity contribution in [1.29, 1.82) is 0 Å². The highest BCUT2D eigenvalue weighted by atomic mass is 16.5. The zero-order valence-electron chi connectivity index (χ0n) is 14.7. The number of piperidine rings is 1. The number of hydrogen-bond acceptors (Lipinski definition) is 7. The van der Waals surface area contributed by atoms with Gasteiger partial charge in [0.05, 0.1) is 17.8 Å². The molecule has 1 saturated heterocycles. The maximum absolute atomic E-state index is 10.4. The van der Waals surface area contributed by atoms with Gasteiger partial charge >= 0.3 is 0 Å². The molecule has 3 heterocycles. The minimum Gasteiger partial charge on any atom is -0.392 e. The Hall–Kier alpha value is -1.99.